The van der Waals surface area contributed by atoms with E-state index in [0.717, 1.165) is 24.2 Å². The Kier molecular flexibility index (Phi) is 7.50. The van der Waals surface area contributed by atoms with E-state index in [1.165, 1.54) is 24.3 Å². The summed E-state index contributed by atoms with van der Waals surface area (Å²) in [7, 11) is 0. The molecule has 0 aliphatic rings. The third-order valence-corrected chi connectivity index (χ3v) is 4.16. The van der Waals surface area contributed by atoms with Crippen LogP contribution in [0.3, 0.4) is 0 Å². The third-order valence-electron chi connectivity index (χ3n) is 4.16. The van der Waals surface area contributed by atoms with Gasteiger partial charge in [0.15, 0.2) is 0 Å². The Morgan fingerprint density at radius 3 is 1.72 bits per heavy atom. The van der Waals surface area contributed by atoms with Crippen molar-refractivity contribution in [1.82, 2.24) is 4.90 Å². The highest BCUT2D eigenvalue weighted by Gasteiger charge is 2.18. The molecule has 1 unspecified atom stereocenters. The van der Waals surface area contributed by atoms with Gasteiger partial charge in [0.05, 0.1) is 12.7 Å². The Labute approximate surface area is 147 Å². The topological polar surface area (TPSA) is 32.7 Å². The van der Waals surface area contributed by atoms with Crippen LogP contribution in [0.5, 0.6) is 0 Å². The Bertz CT molecular complexity index is 582. The van der Waals surface area contributed by atoms with Crippen molar-refractivity contribution in [3.63, 3.8) is 0 Å². The summed E-state index contributed by atoms with van der Waals surface area (Å²) in [6.07, 6.45) is -1.13. The van der Waals surface area contributed by atoms with Crippen LogP contribution in [-0.4, -0.2) is 42.4 Å². The van der Waals surface area contributed by atoms with Crippen molar-refractivity contribution in [2.45, 2.75) is 26.1 Å². The molecule has 0 radical (unpaired) electrons. The second-order valence-corrected chi connectivity index (χ2v) is 5.96. The Morgan fingerprint density at radius 1 is 0.880 bits per heavy atom. The first-order chi connectivity index (χ1) is 12.0. The summed E-state index contributed by atoms with van der Waals surface area (Å²) in [5.74, 6) is -0.661. The fraction of sp³-hybridized carbons (Fsp3) is 0.400. The van der Waals surface area contributed by atoms with Crippen LogP contribution in [0.2, 0.25) is 0 Å². The first-order valence-corrected chi connectivity index (χ1v) is 8.56. The Morgan fingerprint density at radius 2 is 1.32 bits per heavy atom. The molecule has 0 fully saturated rings. The van der Waals surface area contributed by atoms with Gasteiger partial charge in [0.1, 0.15) is 17.7 Å². The molecule has 0 saturated carbocycles. The maximum atomic E-state index is 13.2. The summed E-state index contributed by atoms with van der Waals surface area (Å²) in [5.41, 5.74) is 1.51. The number of likely N-dealkylation sites (N-methyl/N-ethyl adjacent to an activating group) is 1. The van der Waals surface area contributed by atoms with Crippen molar-refractivity contribution < 1.29 is 18.6 Å². The van der Waals surface area contributed by atoms with Gasteiger partial charge in [-0.1, -0.05) is 38.1 Å². The molecule has 2 aromatic rings. The zero-order chi connectivity index (χ0) is 18.2. The van der Waals surface area contributed by atoms with E-state index in [0.29, 0.717) is 6.54 Å². The van der Waals surface area contributed by atoms with Gasteiger partial charge in [-0.3, -0.25) is 0 Å². The summed E-state index contributed by atoms with van der Waals surface area (Å²) >= 11 is 0. The molecule has 25 heavy (non-hydrogen) atoms. The Balaban J connectivity index is 2.12. The molecule has 0 heterocycles. The number of benzene rings is 2. The minimum Gasteiger partial charge on any atom is -0.389 e. The second kappa shape index (κ2) is 9.61. The van der Waals surface area contributed by atoms with Crippen LogP contribution >= 0.6 is 0 Å². The fourth-order valence-electron chi connectivity index (χ4n) is 2.70. The fourth-order valence-corrected chi connectivity index (χ4v) is 2.70. The predicted molar refractivity (Wildman–Crippen MR) is 94.4 cm³/mol. The van der Waals surface area contributed by atoms with E-state index in [1.807, 2.05) is 13.8 Å². The number of aliphatic hydroxyl groups is 1. The average Bonchev–Trinajstić information content (AvgIpc) is 2.62. The lowest BCUT2D eigenvalue weighted by molar-refractivity contribution is -0.00724. The highest BCUT2D eigenvalue weighted by atomic mass is 19.1. The number of rotatable bonds is 9. The highest BCUT2D eigenvalue weighted by molar-refractivity contribution is 5.30. The van der Waals surface area contributed by atoms with E-state index in [2.05, 4.69) is 4.90 Å². The van der Waals surface area contributed by atoms with E-state index in [-0.39, 0.29) is 18.2 Å². The number of hydrogen-bond donors (Lipinski definition) is 1. The molecule has 0 saturated heterocycles. The smallest absolute Gasteiger partial charge is 0.123 e. The number of nitrogens with zero attached hydrogens (tertiary/aromatic N) is 1. The largest absolute Gasteiger partial charge is 0.389 e. The molecule has 136 valence electrons. The molecule has 0 amide bonds. The molecule has 3 nitrogen and oxygen atoms in total. The molecule has 0 aromatic heterocycles. The molecular weight excluding hydrogens is 324 g/mol. The predicted octanol–water partition coefficient (Wildman–Crippen LogP) is 3.77. The van der Waals surface area contributed by atoms with E-state index < -0.39 is 12.2 Å². The number of halogens is 2. The minimum atomic E-state index is -0.636. The van der Waals surface area contributed by atoms with Crippen molar-refractivity contribution >= 4 is 0 Å². The SMILES string of the molecule is CCN(CC)CC(O)COC(c1ccc(F)cc1)c1ccc(F)cc1. The Hall–Kier alpha value is -1.82. The van der Waals surface area contributed by atoms with Crippen LogP contribution in [0.1, 0.15) is 31.1 Å². The van der Waals surface area contributed by atoms with Gasteiger partial charge >= 0.3 is 0 Å². The van der Waals surface area contributed by atoms with Crippen molar-refractivity contribution in [3.8, 4) is 0 Å². The van der Waals surface area contributed by atoms with Gasteiger partial charge in [-0.15, -0.1) is 0 Å². The maximum Gasteiger partial charge on any atom is 0.123 e. The van der Waals surface area contributed by atoms with Crippen molar-refractivity contribution in [3.05, 3.63) is 71.3 Å². The van der Waals surface area contributed by atoms with Crippen LogP contribution in [-0.2, 0) is 4.74 Å². The summed E-state index contributed by atoms with van der Waals surface area (Å²) in [6, 6.07) is 12.0. The molecule has 2 rings (SSSR count). The average molecular weight is 349 g/mol. The van der Waals surface area contributed by atoms with Gasteiger partial charge in [0, 0.05) is 6.54 Å². The van der Waals surface area contributed by atoms with Crippen LogP contribution in [0, 0.1) is 11.6 Å². The molecule has 1 atom stereocenters. The van der Waals surface area contributed by atoms with Crippen LogP contribution in [0.15, 0.2) is 48.5 Å². The van der Waals surface area contributed by atoms with E-state index in [9.17, 15) is 13.9 Å². The minimum absolute atomic E-state index is 0.135. The summed E-state index contributed by atoms with van der Waals surface area (Å²) in [6.45, 7) is 6.44. The van der Waals surface area contributed by atoms with Gasteiger partial charge in [-0.2, -0.15) is 0 Å². The van der Waals surface area contributed by atoms with Crippen molar-refractivity contribution in [2.24, 2.45) is 0 Å². The second-order valence-electron chi connectivity index (χ2n) is 5.96. The monoisotopic (exact) mass is 349 g/mol. The lowest BCUT2D eigenvalue weighted by Gasteiger charge is -2.24. The summed E-state index contributed by atoms with van der Waals surface area (Å²) in [4.78, 5) is 2.11. The third kappa shape index (κ3) is 5.88. The van der Waals surface area contributed by atoms with E-state index in [4.69, 9.17) is 4.74 Å². The number of ether oxygens (including phenoxy) is 1. The zero-order valence-electron chi connectivity index (χ0n) is 14.7. The lowest BCUT2D eigenvalue weighted by Crippen LogP contribution is -2.35. The normalized spacial score (nSPS) is 12.8. The van der Waals surface area contributed by atoms with Crippen LogP contribution in [0.25, 0.3) is 0 Å². The van der Waals surface area contributed by atoms with Crippen LogP contribution in [0.4, 0.5) is 8.78 Å². The first-order valence-electron chi connectivity index (χ1n) is 8.56. The standard InChI is InChI=1S/C20H25F2NO2/c1-3-23(4-2)13-19(24)14-25-20(15-5-9-17(21)10-6-15)16-7-11-18(22)12-8-16/h5-12,19-20,24H,3-4,13-14H2,1-2H3. The molecule has 2 aromatic carbocycles. The molecule has 0 aliphatic heterocycles. The molecule has 0 aliphatic carbocycles. The van der Waals surface area contributed by atoms with Crippen molar-refractivity contribution in [2.75, 3.05) is 26.2 Å². The van der Waals surface area contributed by atoms with Gasteiger partial charge in [0.2, 0.25) is 0 Å². The van der Waals surface area contributed by atoms with Gasteiger partial charge < -0.3 is 14.7 Å². The molecular formula is C20H25F2NO2. The van der Waals surface area contributed by atoms with Crippen molar-refractivity contribution in [1.29, 1.82) is 0 Å². The first kappa shape index (κ1) is 19.5. The molecule has 0 spiro atoms. The number of aliphatic hydroxyl groups excluding tert-OH is 1. The van der Waals surface area contributed by atoms with E-state index >= 15 is 0 Å². The van der Waals surface area contributed by atoms with Gasteiger partial charge in [-0.05, 0) is 48.5 Å². The quantitative estimate of drug-likeness (QED) is 0.748. The van der Waals surface area contributed by atoms with Crippen LogP contribution < -0.4 is 0 Å². The van der Waals surface area contributed by atoms with Gasteiger partial charge in [0.25, 0.3) is 0 Å². The highest BCUT2D eigenvalue weighted by Crippen LogP contribution is 2.26. The molecule has 1 N–H and O–H groups in total. The summed E-state index contributed by atoms with van der Waals surface area (Å²) in [5, 5.41) is 10.2. The number of hydrogen-bond acceptors (Lipinski definition) is 3. The lowest BCUT2D eigenvalue weighted by atomic mass is 10.0. The molecule has 0 bridgehead atoms. The van der Waals surface area contributed by atoms with E-state index in [1.54, 1.807) is 24.3 Å². The zero-order valence-corrected chi connectivity index (χ0v) is 14.7. The van der Waals surface area contributed by atoms with Gasteiger partial charge in [-0.25, -0.2) is 8.78 Å². The summed E-state index contributed by atoms with van der Waals surface area (Å²) < 4.78 is 32.3. The maximum absolute atomic E-state index is 13.2. The molecule has 5 heteroatoms.